The topological polar surface area (TPSA) is 48.0 Å². The summed E-state index contributed by atoms with van der Waals surface area (Å²) in [5, 5.41) is 0. The Morgan fingerprint density at radius 2 is 1.15 bits per heavy atom. The molecule has 0 aromatic heterocycles. The maximum Gasteiger partial charge on any atom is 0.568 e. The molecule has 0 saturated heterocycles. The Hall–Kier alpha value is -2.75. The Balaban J connectivity index is 1.99. The Kier molecular flexibility index (Phi) is 5.84. The van der Waals surface area contributed by atoms with Crippen molar-refractivity contribution in [1.29, 1.82) is 0 Å². The third-order valence-corrected chi connectivity index (χ3v) is 5.58. The molecule has 3 rings (SSSR count). The van der Waals surface area contributed by atoms with Crippen molar-refractivity contribution in [3.63, 3.8) is 0 Å². The molecule has 0 spiro atoms. The van der Waals surface area contributed by atoms with Crippen LogP contribution in [0.4, 0.5) is 5.69 Å². The summed E-state index contributed by atoms with van der Waals surface area (Å²) in [5.41, 5.74) is 2.70. The average molecular weight is 383 g/mol. The summed E-state index contributed by atoms with van der Waals surface area (Å²) in [6, 6.07) is 23.6. The van der Waals surface area contributed by atoms with Gasteiger partial charge in [-0.25, -0.2) is 4.57 Å². The summed E-state index contributed by atoms with van der Waals surface area (Å²) in [6.45, 7) is 3.94. The van der Waals surface area contributed by atoms with E-state index in [4.69, 9.17) is 13.9 Å². The zero-order valence-electron chi connectivity index (χ0n) is 15.5. The third-order valence-electron chi connectivity index (χ3n) is 3.86. The molecule has 27 heavy (non-hydrogen) atoms. The van der Waals surface area contributed by atoms with E-state index in [0.717, 1.165) is 11.1 Å². The highest BCUT2D eigenvalue weighted by Gasteiger charge is 2.39. The smallest absolute Gasteiger partial charge is 0.399 e. The van der Waals surface area contributed by atoms with E-state index in [1.54, 1.807) is 36.4 Å². The summed E-state index contributed by atoms with van der Waals surface area (Å²) >= 11 is 0. The molecule has 0 aliphatic carbocycles. The molecule has 3 aromatic rings. The lowest BCUT2D eigenvalue weighted by Gasteiger charge is -2.29. The molecule has 6 heteroatoms. The van der Waals surface area contributed by atoms with E-state index in [9.17, 15) is 4.57 Å². The van der Waals surface area contributed by atoms with Crippen LogP contribution in [0, 0.1) is 13.8 Å². The van der Waals surface area contributed by atoms with Crippen molar-refractivity contribution in [3.05, 3.63) is 90.0 Å². The highest BCUT2D eigenvalue weighted by Crippen LogP contribution is 2.53. The second kappa shape index (κ2) is 8.30. The van der Waals surface area contributed by atoms with Gasteiger partial charge in [-0.2, -0.15) is 0 Å². The molecular formula is C21H22NO4P. The largest absolute Gasteiger partial charge is 0.568 e. The fraction of sp³-hybridized carbons (Fsp3) is 0.143. The molecule has 140 valence electrons. The van der Waals surface area contributed by atoms with Gasteiger partial charge in [0.05, 0.1) is 12.8 Å². The van der Waals surface area contributed by atoms with Gasteiger partial charge in [-0.05, 0) is 50.2 Å². The molecule has 0 aliphatic heterocycles. The second-order valence-corrected chi connectivity index (χ2v) is 7.73. The van der Waals surface area contributed by atoms with Crippen LogP contribution in [-0.2, 0) is 9.40 Å². The number of para-hydroxylation sites is 1. The number of benzene rings is 3. The van der Waals surface area contributed by atoms with E-state index >= 15 is 0 Å². The summed E-state index contributed by atoms with van der Waals surface area (Å²) in [7, 11) is -2.49. The van der Waals surface area contributed by atoms with Crippen LogP contribution in [0.15, 0.2) is 78.9 Å². The van der Waals surface area contributed by atoms with Gasteiger partial charge >= 0.3 is 7.75 Å². The van der Waals surface area contributed by atoms with Crippen molar-refractivity contribution in [1.82, 2.24) is 0 Å². The Morgan fingerprint density at radius 3 is 1.56 bits per heavy atom. The van der Waals surface area contributed by atoms with E-state index in [0.29, 0.717) is 17.2 Å². The maximum atomic E-state index is 13.8. The van der Waals surface area contributed by atoms with Crippen molar-refractivity contribution < 1.29 is 18.5 Å². The van der Waals surface area contributed by atoms with Crippen molar-refractivity contribution in [3.8, 4) is 11.5 Å². The zero-order valence-corrected chi connectivity index (χ0v) is 16.4. The van der Waals surface area contributed by atoms with E-state index in [-0.39, 0.29) is 0 Å². The molecule has 0 heterocycles. The summed E-state index contributed by atoms with van der Waals surface area (Å²) in [4.78, 5) is 6.59. The Bertz CT molecular complexity index is 860. The lowest BCUT2D eigenvalue weighted by Crippen LogP contribution is -2.24. The molecule has 0 bridgehead atoms. The lowest BCUT2D eigenvalue weighted by atomic mass is 10.2. The quantitative estimate of drug-likeness (QED) is 0.373. The first-order chi connectivity index (χ1) is 13.0. The molecule has 0 aliphatic rings. The summed E-state index contributed by atoms with van der Waals surface area (Å²) in [6.07, 6.45) is 0. The van der Waals surface area contributed by atoms with Gasteiger partial charge in [0.15, 0.2) is 0 Å². The van der Waals surface area contributed by atoms with Crippen LogP contribution in [0.1, 0.15) is 11.1 Å². The van der Waals surface area contributed by atoms with Gasteiger partial charge in [0, 0.05) is 0 Å². The third kappa shape index (κ3) is 4.70. The highest BCUT2D eigenvalue weighted by molar-refractivity contribution is 7.56. The highest BCUT2D eigenvalue weighted by atomic mass is 31.2. The van der Waals surface area contributed by atoms with Crippen molar-refractivity contribution in [2.24, 2.45) is 0 Å². The number of hydrogen-bond acceptors (Lipinski definition) is 4. The van der Waals surface area contributed by atoms with Crippen LogP contribution in [0.25, 0.3) is 0 Å². The van der Waals surface area contributed by atoms with Gasteiger partial charge in [-0.3, -0.25) is 4.84 Å². The number of hydrogen-bond donors (Lipinski definition) is 0. The Labute approximate surface area is 159 Å². The molecular weight excluding hydrogens is 361 g/mol. The monoisotopic (exact) mass is 383 g/mol. The molecule has 0 fully saturated rings. The van der Waals surface area contributed by atoms with Gasteiger partial charge < -0.3 is 9.05 Å². The molecule has 0 N–H and O–H groups in total. The van der Waals surface area contributed by atoms with Gasteiger partial charge in [0.1, 0.15) is 11.5 Å². The number of anilines is 1. The standard InChI is InChI=1S/C21H22NO4P/c1-17-9-13-20(14-10-17)25-27(23,26-21-15-11-18(2)12-16-21)22(24-3)19-7-5-4-6-8-19/h4-16H,1-3H3. The van der Waals surface area contributed by atoms with Gasteiger partial charge in [0.25, 0.3) is 0 Å². The first-order valence-electron chi connectivity index (χ1n) is 8.52. The average Bonchev–Trinajstić information content (AvgIpc) is 2.67. The fourth-order valence-electron chi connectivity index (χ4n) is 2.46. The van der Waals surface area contributed by atoms with Gasteiger partial charge in [0.2, 0.25) is 0 Å². The Morgan fingerprint density at radius 1 is 0.704 bits per heavy atom. The van der Waals surface area contributed by atoms with Crippen LogP contribution in [0.3, 0.4) is 0 Å². The molecule has 0 radical (unpaired) electrons. The first-order valence-corrected chi connectivity index (χ1v) is 10.0. The predicted octanol–water partition coefficient (Wildman–Crippen LogP) is 5.94. The minimum atomic E-state index is -3.91. The van der Waals surface area contributed by atoms with Crippen LogP contribution in [0.2, 0.25) is 0 Å². The van der Waals surface area contributed by atoms with Crippen molar-refractivity contribution in [2.45, 2.75) is 13.8 Å². The summed E-state index contributed by atoms with van der Waals surface area (Å²) < 4.78 is 25.5. The SMILES string of the molecule is CON(c1ccccc1)P(=O)(Oc1ccc(C)cc1)Oc1ccc(C)cc1. The second-order valence-electron chi connectivity index (χ2n) is 6.07. The van der Waals surface area contributed by atoms with Crippen LogP contribution in [0.5, 0.6) is 11.5 Å². The van der Waals surface area contributed by atoms with Crippen molar-refractivity contribution in [2.75, 3.05) is 11.9 Å². The van der Waals surface area contributed by atoms with Crippen LogP contribution in [-0.4, -0.2) is 7.11 Å². The molecule has 3 aromatic carbocycles. The maximum absolute atomic E-state index is 13.8. The van der Waals surface area contributed by atoms with Crippen molar-refractivity contribution >= 4 is 13.4 Å². The first kappa shape index (κ1) is 19.0. The lowest BCUT2D eigenvalue weighted by molar-refractivity contribution is 0.190. The molecule has 5 nitrogen and oxygen atoms in total. The van der Waals surface area contributed by atoms with E-state index in [1.807, 2.05) is 56.3 Å². The fourth-order valence-corrected chi connectivity index (χ4v) is 4.04. The van der Waals surface area contributed by atoms with E-state index < -0.39 is 7.75 Å². The van der Waals surface area contributed by atoms with Crippen LogP contribution >= 0.6 is 7.75 Å². The van der Waals surface area contributed by atoms with Crippen LogP contribution < -0.4 is 13.9 Å². The minimum absolute atomic E-state index is 0.425. The van der Waals surface area contributed by atoms with E-state index in [2.05, 4.69) is 0 Å². The van der Waals surface area contributed by atoms with E-state index in [1.165, 1.54) is 11.9 Å². The van der Waals surface area contributed by atoms with Gasteiger partial charge in [-0.1, -0.05) is 53.6 Å². The number of rotatable bonds is 7. The number of aryl methyl sites for hydroxylation is 2. The molecule has 0 saturated carbocycles. The molecule has 0 unspecified atom stereocenters. The minimum Gasteiger partial charge on any atom is -0.399 e. The normalized spacial score (nSPS) is 11.1. The van der Waals surface area contributed by atoms with Gasteiger partial charge in [-0.15, -0.1) is 4.83 Å². The predicted molar refractivity (Wildman–Crippen MR) is 107 cm³/mol. The number of nitrogens with zero attached hydrogens (tertiary/aromatic N) is 1. The zero-order chi connectivity index (χ0) is 19.3. The molecule has 0 atom stereocenters. The molecule has 0 amide bonds. The summed E-state index contributed by atoms with van der Waals surface area (Å²) in [5.74, 6) is 0.850.